The van der Waals surface area contributed by atoms with Crippen molar-refractivity contribution in [1.29, 1.82) is 0 Å². The van der Waals surface area contributed by atoms with Crippen LogP contribution in [-0.4, -0.2) is 28.7 Å². The van der Waals surface area contributed by atoms with E-state index in [4.69, 9.17) is 5.11 Å². The van der Waals surface area contributed by atoms with Gasteiger partial charge in [-0.05, 0) is 23.3 Å². The number of anilines is 1. The van der Waals surface area contributed by atoms with E-state index in [1.54, 1.807) is 12.1 Å². The molecule has 3 N–H and O–H groups in total. The van der Waals surface area contributed by atoms with E-state index in [2.05, 4.69) is 5.32 Å². The zero-order valence-electron chi connectivity index (χ0n) is 10.5. The lowest BCUT2D eigenvalue weighted by atomic mass is 10.0. The molecular weight excluding hydrogens is 258 g/mol. The number of carboxylic acids is 2. The van der Waals surface area contributed by atoms with Crippen molar-refractivity contribution in [1.82, 2.24) is 0 Å². The average molecular weight is 271 g/mol. The molecule has 2 aromatic carbocycles. The summed E-state index contributed by atoms with van der Waals surface area (Å²) in [5.74, 6) is -2.15. The van der Waals surface area contributed by atoms with Gasteiger partial charge < -0.3 is 15.5 Å². The molecule has 0 fully saturated rings. The van der Waals surface area contributed by atoms with Gasteiger partial charge in [0.1, 0.15) is 6.54 Å². The summed E-state index contributed by atoms with van der Waals surface area (Å²) in [5.41, 5.74) is 2.01. The summed E-state index contributed by atoms with van der Waals surface area (Å²) < 4.78 is 0. The third-order valence-corrected chi connectivity index (χ3v) is 2.79. The van der Waals surface area contributed by atoms with Crippen LogP contribution in [0, 0.1) is 0 Å². The summed E-state index contributed by atoms with van der Waals surface area (Å²) in [6.45, 7) is -0.328. The fraction of sp³-hybridized carbons (Fsp3) is 0.0667. The van der Waals surface area contributed by atoms with E-state index in [9.17, 15) is 14.7 Å². The van der Waals surface area contributed by atoms with Crippen molar-refractivity contribution >= 4 is 17.6 Å². The van der Waals surface area contributed by atoms with Gasteiger partial charge in [0.05, 0.1) is 5.56 Å². The van der Waals surface area contributed by atoms with Crippen molar-refractivity contribution < 1.29 is 19.8 Å². The Balaban J connectivity index is 2.37. The standard InChI is InChI=1S/C15H13NO4/c17-14(18)9-16-13-7-6-11(8-12(13)15(19)20)10-4-2-1-3-5-10/h1-8,16H,9H2,(H,17,18)(H,19,20). The van der Waals surface area contributed by atoms with Gasteiger partial charge in [0, 0.05) is 5.69 Å². The molecule has 0 unspecified atom stereocenters. The van der Waals surface area contributed by atoms with E-state index in [1.165, 1.54) is 6.07 Å². The number of hydrogen-bond acceptors (Lipinski definition) is 3. The Bertz CT molecular complexity index is 638. The molecule has 0 bridgehead atoms. The van der Waals surface area contributed by atoms with Crippen molar-refractivity contribution in [2.75, 3.05) is 11.9 Å². The van der Waals surface area contributed by atoms with E-state index in [-0.39, 0.29) is 12.1 Å². The maximum atomic E-state index is 11.3. The van der Waals surface area contributed by atoms with Crippen LogP contribution in [0.5, 0.6) is 0 Å². The van der Waals surface area contributed by atoms with Crippen LogP contribution in [0.2, 0.25) is 0 Å². The second-order valence-corrected chi connectivity index (χ2v) is 4.18. The van der Waals surface area contributed by atoms with E-state index in [0.29, 0.717) is 5.69 Å². The highest BCUT2D eigenvalue weighted by Crippen LogP contribution is 2.25. The van der Waals surface area contributed by atoms with Crippen LogP contribution in [0.4, 0.5) is 5.69 Å². The largest absolute Gasteiger partial charge is 0.480 e. The van der Waals surface area contributed by atoms with Crippen LogP contribution >= 0.6 is 0 Å². The lowest BCUT2D eigenvalue weighted by Gasteiger charge is -2.10. The minimum absolute atomic E-state index is 0.0487. The predicted molar refractivity (Wildman–Crippen MR) is 75.0 cm³/mol. The van der Waals surface area contributed by atoms with Gasteiger partial charge in [0.25, 0.3) is 0 Å². The molecular formula is C15H13NO4. The predicted octanol–water partition coefficient (Wildman–Crippen LogP) is 2.55. The number of carboxylic acid groups (broad SMARTS) is 2. The summed E-state index contributed by atoms with van der Waals surface area (Å²) >= 11 is 0. The minimum atomic E-state index is -1.10. The summed E-state index contributed by atoms with van der Waals surface area (Å²) in [7, 11) is 0. The Hall–Kier alpha value is -2.82. The molecule has 0 aliphatic carbocycles. The molecule has 20 heavy (non-hydrogen) atoms. The van der Waals surface area contributed by atoms with Gasteiger partial charge in [0.2, 0.25) is 0 Å². The topological polar surface area (TPSA) is 86.6 Å². The fourth-order valence-corrected chi connectivity index (χ4v) is 1.86. The molecule has 0 heterocycles. The maximum Gasteiger partial charge on any atom is 0.337 e. The van der Waals surface area contributed by atoms with Gasteiger partial charge in [-0.3, -0.25) is 4.79 Å². The highest BCUT2D eigenvalue weighted by Gasteiger charge is 2.12. The third kappa shape index (κ3) is 3.14. The number of aromatic carboxylic acids is 1. The van der Waals surface area contributed by atoms with E-state index in [1.807, 2.05) is 30.3 Å². The molecule has 2 aromatic rings. The lowest BCUT2D eigenvalue weighted by molar-refractivity contribution is -0.134. The Kier molecular flexibility index (Phi) is 4.00. The molecule has 2 rings (SSSR count). The molecule has 0 aromatic heterocycles. The van der Waals surface area contributed by atoms with Gasteiger partial charge >= 0.3 is 11.9 Å². The summed E-state index contributed by atoms with van der Waals surface area (Å²) in [5, 5.41) is 20.4. The van der Waals surface area contributed by atoms with Crippen LogP contribution < -0.4 is 5.32 Å². The van der Waals surface area contributed by atoms with Crippen molar-refractivity contribution in [2.24, 2.45) is 0 Å². The fourth-order valence-electron chi connectivity index (χ4n) is 1.86. The number of carbonyl (C=O) groups is 2. The number of rotatable bonds is 5. The van der Waals surface area contributed by atoms with Crippen LogP contribution in [-0.2, 0) is 4.79 Å². The van der Waals surface area contributed by atoms with Crippen LogP contribution in [0.25, 0.3) is 11.1 Å². The van der Waals surface area contributed by atoms with Crippen LogP contribution in [0.1, 0.15) is 10.4 Å². The second-order valence-electron chi connectivity index (χ2n) is 4.18. The smallest absolute Gasteiger partial charge is 0.337 e. The van der Waals surface area contributed by atoms with Crippen molar-refractivity contribution in [2.45, 2.75) is 0 Å². The Morgan fingerprint density at radius 1 is 0.950 bits per heavy atom. The Morgan fingerprint density at radius 2 is 1.65 bits per heavy atom. The van der Waals surface area contributed by atoms with Gasteiger partial charge in [-0.2, -0.15) is 0 Å². The molecule has 0 aliphatic rings. The summed E-state index contributed by atoms with van der Waals surface area (Å²) in [6, 6.07) is 14.2. The Morgan fingerprint density at radius 3 is 2.25 bits per heavy atom. The molecule has 0 saturated carbocycles. The highest BCUT2D eigenvalue weighted by molar-refractivity contribution is 5.96. The first-order valence-corrected chi connectivity index (χ1v) is 5.96. The molecule has 0 aliphatic heterocycles. The van der Waals surface area contributed by atoms with E-state index >= 15 is 0 Å². The highest BCUT2D eigenvalue weighted by atomic mass is 16.4. The summed E-state index contributed by atoms with van der Waals surface area (Å²) in [4.78, 5) is 21.8. The average Bonchev–Trinajstić information content (AvgIpc) is 2.45. The molecule has 0 saturated heterocycles. The molecule has 5 nitrogen and oxygen atoms in total. The van der Waals surface area contributed by atoms with Gasteiger partial charge in [-0.15, -0.1) is 0 Å². The van der Waals surface area contributed by atoms with Crippen molar-refractivity contribution in [3.05, 3.63) is 54.1 Å². The van der Waals surface area contributed by atoms with Gasteiger partial charge in [-0.25, -0.2) is 4.79 Å². The summed E-state index contributed by atoms with van der Waals surface area (Å²) in [6.07, 6.45) is 0. The first-order valence-electron chi connectivity index (χ1n) is 5.96. The minimum Gasteiger partial charge on any atom is -0.480 e. The van der Waals surface area contributed by atoms with Crippen LogP contribution in [0.15, 0.2) is 48.5 Å². The molecule has 0 radical (unpaired) electrons. The first-order chi connectivity index (χ1) is 9.58. The number of benzene rings is 2. The zero-order valence-corrected chi connectivity index (χ0v) is 10.5. The monoisotopic (exact) mass is 271 g/mol. The molecule has 0 amide bonds. The lowest BCUT2D eigenvalue weighted by Crippen LogP contribution is -2.14. The first kappa shape index (κ1) is 13.6. The molecule has 0 spiro atoms. The number of hydrogen-bond donors (Lipinski definition) is 3. The number of nitrogens with one attached hydrogen (secondary N) is 1. The van der Waals surface area contributed by atoms with E-state index in [0.717, 1.165) is 11.1 Å². The quantitative estimate of drug-likeness (QED) is 0.778. The second kappa shape index (κ2) is 5.88. The molecule has 5 heteroatoms. The van der Waals surface area contributed by atoms with Crippen LogP contribution in [0.3, 0.4) is 0 Å². The third-order valence-electron chi connectivity index (χ3n) is 2.79. The van der Waals surface area contributed by atoms with Crippen molar-refractivity contribution in [3.8, 4) is 11.1 Å². The van der Waals surface area contributed by atoms with Gasteiger partial charge in [0.15, 0.2) is 0 Å². The molecule has 0 atom stereocenters. The van der Waals surface area contributed by atoms with E-state index < -0.39 is 11.9 Å². The Labute approximate surface area is 115 Å². The normalized spacial score (nSPS) is 10.0. The zero-order chi connectivity index (χ0) is 14.5. The van der Waals surface area contributed by atoms with Gasteiger partial charge in [-0.1, -0.05) is 36.4 Å². The molecule has 102 valence electrons. The maximum absolute atomic E-state index is 11.3. The SMILES string of the molecule is O=C(O)CNc1ccc(-c2ccccc2)cc1C(=O)O. The van der Waals surface area contributed by atoms with Crippen molar-refractivity contribution in [3.63, 3.8) is 0 Å². The number of aliphatic carboxylic acids is 1.